The standard InChI is InChI=1S/C54H32N4S/c1-3-14-33(15-4-1)53-40-20-7-10-23-44(40)55-54(56-53)58-47-29-27-35(34-26-28-46-42(30-34)37-18-8-11-24-45(37)57(46)36-16-5-2-6-17-36)31-43(47)51-41-22-13-21-39-38-19-9-12-25-49(38)59-50(52(39)41)32-48(51)58/h1-32H. The van der Waals surface area contributed by atoms with Gasteiger partial charge in [-0.15, -0.1) is 0 Å². The highest BCUT2D eigenvalue weighted by Crippen LogP contribution is 2.51. The average molecular weight is 769 g/mol. The van der Waals surface area contributed by atoms with Crippen molar-refractivity contribution in [1.82, 2.24) is 19.1 Å². The quantitative estimate of drug-likeness (QED) is 0.179. The fourth-order valence-electron chi connectivity index (χ4n) is 9.54. The van der Waals surface area contributed by atoms with E-state index in [-0.39, 0.29) is 0 Å². The maximum Gasteiger partial charge on any atom is 0.235 e. The van der Waals surface area contributed by atoms with Crippen molar-refractivity contribution < 1.29 is 0 Å². The van der Waals surface area contributed by atoms with Gasteiger partial charge in [0.15, 0.2) is 0 Å². The summed E-state index contributed by atoms with van der Waals surface area (Å²) in [5.41, 5.74) is 13.5. The molecule has 0 aliphatic carbocycles. The van der Waals surface area contributed by atoms with Crippen LogP contribution in [0.4, 0.5) is 0 Å². The summed E-state index contributed by atoms with van der Waals surface area (Å²) in [6.45, 7) is 0. The third-order valence-electron chi connectivity index (χ3n) is 12.1. The van der Waals surface area contributed by atoms with Crippen LogP contribution in [-0.4, -0.2) is 19.1 Å². The number of rotatable bonds is 4. The SMILES string of the molecule is c1ccc(-c2nc(-n3c4ccc(-c5ccc6c(c5)c5ccccc5n6-c5ccccc5)cc4c4c5cccc6c5c(cc43)Sc3ccccc3-6)nc3ccccc23)cc1. The number of para-hydroxylation sites is 3. The van der Waals surface area contributed by atoms with E-state index in [4.69, 9.17) is 9.97 Å². The van der Waals surface area contributed by atoms with E-state index in [0.29, 0.717) is 5.95 Å². The summed E-state index contributed by atoms with van der Waals surface area (Å²) < 4.78 is 4.67. The molecule has 9 aromatic carbocycles. The smallest absolute Gasteiger partial charge is 0.235 e. The number of benzene rings is 9. The zero-order valence-electron chi connectivity index (χ0n) is 31.7. The molecule has 1 aliphatic heterocycles. The lowest BCUT2D eigenvalue weighted by molar-refractivity contribution is 1.01. The summed E-state index contributed by atoms with van der Waals surface area (Å²) in [5.74, 6) is 0.661. The van der Waals surface area contributed by atoms with Gasteiger partial charge in [-0.3, -0.25) is 4.57 Å². The first-order valence-electron chi connectivity index (χ1n) is 20.0. The number of fused-ring (bicyclic) bond motifs is 10. The second-order valence-corrected chi connectivity index (χ2v) is 16.4. The van der Waals surface area contributed by atoms with Crippen LogP contribution in [0, 0.1) is 0 Å². The molecule has 0 fully saturated rings. The first-order chi connectivity index (χ1) is 29.3. The number of hydrogen-bond donors (Lipinski definition) is 0. The monoisotopic (exact) mass is 768 g/mol. The van der Waals surface area contributed by atoms with Gasteiger partial charge in [0, 0.05) is 53.4 Å². The Morgan fingerprint density at radius 1 is 0.356 bits per heavy atom. The summed E-state index contributed by atoms with van der Waals surface area (Å²) in [6, 6.07) is 70.1. The molecular formula is C54H32N4S. The summed E-state index contributed by atoms with van der Waals surface area (Å²) in [7, 11) is 0. The molecule has 4 heterocycles. The molecule has 0 unspecified atom stereocenters. The minimum absolute atomic E-state index is 0.661. The molecular weight excluding hydrogens is 737 g/mol. The van der Waals surface area contributed by atoms with Crippen LogP contribution in [0.5, 0.6) is 0 Å². The summed E-state index contributed by atoms with van der Waals surface area (Å²) in [5, 5.41) is 8.44. The second-order valence-electron chi connectivity index (χ2n) is 15.3. The Kier molecular flexibility index (Phi) is 6.91. The molecule has 5 heteroatoms. The third kappa shape index (κ3) is 4.80. The Morgan fingerprint density at radius 3 is 1.85 bits per heavy atom. The van der Waals surface area contributed by atoms with Crippen LogP contribution >= 0.6 is 11.8 Å². The highest BCUT2D eigenvalue weighted by atomic mass is 32.2. The molecule has 59 heavy (non-hydrogen) atoms. The molecule has 0 radical (unpaired) electrons. The van der Waals surface area contributed by atoms with Gasteiger partial charge in [-0.1, -0.05) is 145 Å². The fraction of sp³-hybridized carbons (Fsp3) is 0. The molecule has 1 aliphatic rings. The van der Waals surface area contributed by atoms with Crippen LogP contribution in [0.2, 0.25) is 0 Å². The molecule has 0 saturated carbocycles. The van der Waals surface area contributed by atoms with Gasteiger partial charge in [-0.25, -0.2) is 9.97 Å². The number of hydrogen-bond acceptors (Lipinski definition) is 3. The molecule has 0 N–H and O–H groups in total. The van der Waals surface area contributed by atoms with Crippen molar-refractivity contribution in [3.63, 3.8) is 0 Å². The van der Waals surface area contributed by atoms with E-state index >= 15 is 0 Å². The van der Waals surface area contributed by atoms with E-state index in [1.807, 2.05) is 11.8 Å². The Bertz CT molecular complexity index is 3700. The fourth-order valence-corrected chi connectivity index (χ4v) is 10.7. The van der Waals surface area contributed by atoms with Crippen LogP contribution in [0.25, 0.3) is 110 Å². The van der Waals surface area contributed by atoms with Gasteiger partial charge in [-0.2, -0.15) is 0 Å². The predicted octanol–water partition coefficient (Wildman–Crippen LogP) is 14.4. The van der Waals surface area contributed by atoms with Crippen molar-refractivity contribution in [1.29, 1.82) is 0 Å². The minimum Gasteiger partial charge on any atom is -0.309 e. The van der Waals surface area contributed by atoms with Crippen molar-refractivity contribution in [2.24, 2.45) is 0 Å². The molecule has 0 bridgehead atoms. The van der Waals surface area contributed by atoms with E-state index in [9.17, 15) is 0 Å². The topological polar surface area (TPSA) is 35.6 Å². The van der Waals surface area contributed by atoms with Crippen molar-refractivity contribution in [2.75, 3.05) is 0 Å². The van der Waals surface area contributed by atoms with Gasteiger partial charge in [0.1, 0.15) is 0 Å². The van der Waals surface area contributed by atoms with E-state index < -0.39 is 0 Å². The molecule has 0 atom stereocenters. The highest BCUT2D eigenvalue weighted by Gasteiger charge is 2.25. The van der Waals surface area contributed by atoms with Crippen molar-refractivity contribution in [3.05, 3.63) is 194 Å². The Balaban J connectivity index is 1.11. The zero-order valence-corrected chi connectivity index (χ0v) is 32.5. The zero-order chi connectivity index (χ0) is 38.6. The van der Waals surface area contributed by atoms with Crippen LogP contribution in [0.1, 0.15) is 0 Å². The normalized spacial score (nSPS) is 12.3. The summed E-state index contributed by atoms with van der Waals surface area (Å²) in [4.78, 5) is 13.3. The lowest BCUT2D eigenvalue weighted by atomic mass is 9.94. The Hall–Kier alpha value is -7.47. The molecule has 0 saturated heterocycles. The molecule has 4 nitrogen and oxygen atoms in total. The van der Waals surface area contributed by atoms with Gasteiger partial charge < -0.3 is 4.57 Å². The van der Waals surface area contributed by atoms with Gasteiger partial charge in [0.25, 0.3) is 0 Å². The lowest BCUT2D eigenvalue weighted by Gasteiger charge is -2.21. The van der Waals surface area contributed by atoms with Crippen LogP contribution in [0.3, 0.4) is 0 Å². The maximum absolute atomic E-state index is 5.43. The number of aromatic nitrogens is 4. The Labute approximate surface area is 343 Å². The van der Waals surface area contributed by atoms with Gasteiger partial charge >= 0.3 is 0 Å². The van der Waals surface area contributed by atoms with E-state index in [1.165, 1.54) is 75.4 Å². The molecule has 0 spiro atoms. The van der Waals surface area contributed by atoms with Crippen LogP contribution in [0.15, 0.2) is 204 Å². The molecule has 0 amide bonds. The van der Waals surface area contributed by atoms with E-state index in [0.717, 1.165) is 38.9 Å². The first kappa shape index (κ1) is 32.6. The van der Waals surface area contributed by atoms with Crippen molar-refractivity contribution >= 4 is 77.0 Å². The molecule has 274 valence electrons. The second kappa shape index (κ2) is 12.5. The van der Waals surface area contributed by atoms with Gasteiger partial charge in [0.2, 0.25) is 5.95 Å². The minimum atomic E-state index is 0.661. The molecule has 3 aromatic heterocycles. The first-order valence-corrected chi connectivity index (χ1v) is 20.8. The van der Waals surface area contributed by atoms with E-state index in [1.54, 1.807) is 0 Å². The van der Waals surface area contributed by atoms with E-state index in [2.05, 4.69) is 203 Å². The lowest BCUT2D eigenvalue weighted by Crippen LogP contribution is -2.04. The van der Waals surface area contributed by atoms with Crippen molar-refractivity contribution in [3.8, 4) is 45.1 Å². The third-order valence-corrected chi connectivity index (χ3v) is 13.2. The largest absolute Gasteiger partial charge is 0.309 e. The number of nitrogens with zero attached hydrogens (tertiary/aromatic N) is 4. The average Bonchev–Trinajstić information content (AvgIpc) is 3.81. The van der Waals surface area contributed by atoms with Gasteiger partial charge in [-0.05, 0) is 88.3 Å². The maximum atomic E-state index is 5.43. The highest BCUT2D eigenvalue weighted by molar-refractivity contribution is 7.99. The van der Waals surface area contributed by atoms with Gasteiger partial charge in [0.05, 0.1) is 33.3 Å². The molecule has 13 rings (SSSR count). The van der Waals surface area contributed by atoms with Crippen molar-refractivity contribution in [2.45, 2.75) is 9.79 Å². The summed E-state index contributed by atoms with van der Waals surface area (Å²) in [6.07, 6.45) is 0. The Morgan fingerprint density at radius 2 is 1.00 bits per heavy atom. The summed E-state index contributed by atoms with van der Waals surface area (Å²) >= 11 is 1.85. The predicted molar refractivity (Wildman–Crippen MR) is 246 cm³/mol. The van der Waals surface area contributed by atoms with Crippen LogP contribution in [-0.2, 0) is 0 Å². The molecule has 12 aromatic rings. The van der Waals surface area contributed by atoms with Crippen LogP contribution < -0.4 is 0 Å².